The van der Waals surface area contributed by atoms with Crippen LogP contribution in [-0.4, -0.2) is 6.54 Å². The zero-order valence-electron chi connectivity index (χ0n) is 14.7. The van der Waals surface area contributed by atoms with Gasteiger partial charge in [-0.2, -0.15) is 0 Å². The van der Waals surface area contributed by atoms with E-state index in [4.69, 9.17) is 10.5 Å². The normalized spacial score (nSPS) is 11.9. The lowest BCUT2D eigenvalue weighted by atomic mass is 9.91. The summed E-state index contributed by atoms with van der Waals surface area (Å²) in [6.07, 6.45) is 0.961. The second kappa shape index (κ2) is 8.50. The van der Waals surface area contributed by atoms with Crippen LogP contribution in [0.25, 0.3) is 0 Å². The zero-order chi connectivity index (χ0) is 17.5. The highest BCUT2D eigenvalue weighted by molar-refractivity contribution is 5.32. The van der Waals surface area contributed by atoms with Crippen molar-refractivity contribution in [2.24, 2.45) is 5.73 Å². The minimum atomic E-state index is 0.324. The molecule has 3 aromatic rings. The van der Waals surface area contributed by atoms with Crippen LogP contribution in [-0.2, 0) is 13.0 Å². The number of nitrogens with two attached hydrogens (primary N) is 1. The van der Waals surface area contributed by atoms with Gasteiger partial charge in [0.2, 0.25) is 0 Å². The van der Waals surface area contributed by atoms with Gasteiger partial charge in [0.25, 0.3) is 0 Å². The summed E-state index contributed by atoms with van der Waals surface area (Å²) in [6.45, 7) is 3.35. The molecule has 2 nitrogen and oxygen atoms in total. The molecular formula is C23H25NO. The first-order valence-corrected chi connectivity index (χ1v) is 8.77. The van der Waals surface area contributed by atoms with Gasteiger partial charge in [0.05, 0.1) is 0 Å². The molecule has 0 aliphatic carbocycles. The van der Waals surface area contributed by atoms with Gasteiger partial charge in [-0.15, -0.1) is 0 Å². The van der Waals surface area contributed by atoms with Gasteiger partial charge < -0.3 is 10.5 Å². The fourth-order valence-electron chi connectivity index (χ4n) is 3.04. The fraction of sp³-hybridized carbons (Fsp3) is 0.217. The summed E-state index contributed by atoms with van der Waals surface area (Å²) >= 11 is 0. The van der Waals surface area contributed by atoms with Crippen LogP contribution in [0.1, 0.15) is 28.2 Å². The molecule has 0 amide bonds. The van der Waals surface area contributed by atoms with Crippen LogP contribution in [0.5, 0.6) is 5.75 Å². The van der Waals surface area contributed by atoms with Crippen molar-refractivity contribution >= 4 is 0 Å². The molecule has 3 aromatic carbocycles. The third-order valence-electron chi connectivity index (χ3n) is 4.45. The van der Waals surface area contributed by atoms with Gasteiger partial charge >= 0.3 is 0 Å². The number of ether oxygens (including phenoxy) is 1. The predicted octanol–water partition coefficient (Wildman–Crippen LogP) is 4.86. The Kier molecular flexibility index (Phi) is 5.86. The lowest BCUT2D eigenvalue weighted by Gasteiger charge is -2.16. The molecule has 0 aromatic heterocycles. The molecule has 0 spiro atoms. The number of benzene rings is 3. The minimum Gasteiger partial charge on any atom is -0.489 e. The predicted molar refractivity (Wildman–Crippen MR) is 104 cm³/mol. The summed E-state index contributed by atoms with van der Waals surface area (Å²) < 4.78 is 5.86. The lowest BCUT2D eigenvalue weighted by Crippen LogP contribution is -2.15. The van der Waals surface area contributed by atoms with Crippen molar-refractivity contribution < 1.29 is 4.74 Å². The van der Waals surface area contributed by atoms with E-state index in [9.17, 15) is 0 Å². The highest BCUT2D eigenvalue weighted by Gasteiger charge is 2.11. The first kappa shape index (κ1) is 17.2. The van der Waals surface area contributed by atoms with Crippen molar-refractivity contribution in [2.75, 3.05) is 6.54 Å². The average Bonchev–Trinajstić information content (AvgIpc) is 2.66. The van der Waals surface area contributed by atoms with Crippen LogP contribution in [0.2, 0.25) is 0 Å². The molecule has 0 saturated heterocycles. The molecule has 0 radical (unpaired) electrons. The summed E-state index contributed by atoms with van der Waals surface area (Å²) in [4.78, 5) is 0. The monoisotopic (exact) mass is 331 g/mol. The maximum Gasteiger partial charge on any atom is 0.119 e. The summed E-state index contributed by atoms with van der Waals surface area (Å²) in [5.41, 5.74) is 11.1. The second-order valence-corrected chi connectivity index (χ2v) is 6.47. The molecule has 0 aliphatic heterocycles. The quantitative estimate of drug-likeness (QED) is 0.671. The fourth-order valence-corrected chi connectivity index (χ4v) is 3.04. The van der Waals surface area contributed by atoms with Crippen molar-refractivity contribution in [3.8, 4) is 5.75 Å². The topological polar surface area (TPSA) is 35.2 Å². The van der Waals surface area contributed by atoms with E-state index < -0.39 is 0 Å². The summed E-state index contributed by atoms with van der Waals surface area (Å²) in [5, 5.41) is 0. The highest BCUT2D eigenvalue weighted by atomic mass is 16.5. The van der Waals surface area contributed by atoms with Crippen LogP contribution in [0, 0.1) is 6.92 Å². The Labute approximate surface area is 150 Å². The third-order valence-corrected chi connectivity index (χ3v) is 4.45. The lowest BCUT2D eigenvalue weighted by molar-refractivity contribution is 0.306. The molecule has 25 heavy (non-hydrogen) atoms. The Balaban J connectivity index is 1.63. The van der Waals surface area contributed by atoms with E-state index in [2.05, 4.69) is 55.5 Å². The molecule has 2 N–H and O–H groups in total. The Hall–Kier alpha value is -2.58. The largest absolute Gasteiger partial charge is 0.489 e. The molecule has 0 bridgehead atoms. The van der Waals surface area contributed by atoms with Gasteiger partial charge in [-0.1, -0.05) is 72.3 Å². The van der Waals surface area contributed by atoms with Gasteiger partial charge in [-0.05, 0) is 48.7 Å². The van der Waals surface area contributed by atoms with Crippen molar-refractivity contribution in [1.82, 2.24) is 0 Å². The SMILES string of the molecule is Cc1cccc(CC(CN)c2ccc(OCc3ccccc3)cc2)c1. The summed E-state index contributed by atoms with van der Waals surface area (Å²) in [7, 11) is 0. The number of hydrogen-bond acceptors (Lipinski definition) is 2. The molecule has 0 fully saturated rings. The number of rotatable bonds is 7. The zero-order valence-corrected chi connectivity index (χ0v) is 14.7. The van der Waals surface area contributed by atoms with Crippen LogP contribution < -0.4 is 10.5 Å². The van der Waals surface area contributed by atoms with Gasteiger partial charge in [-0.3, -0.25) is 0 Å². The van der Waals surface area contributed by atoms with Crippen LogP contribution in [0.15, 0.2) is 78.9 Å². The van der Waals surface area contributed by atoms with E-state index in [1.807, 2.05) is 30.3 Å². The van der Waals surface area contributed by atoms with Gasteiger partial charge in [-0.25, -0.2) is 0 Å². The molecule has 0 heterocycles. The summed E-state index contributed by atoms with van der Waals surface area (Å²) in [6, 6.07) is 27.2. The molecule has 3 rings (SSSR count). The van der Waals surface area contributed by atoms with Crippen molar-refractivity contribution in [3.63, 3.8) is 0 Å². The van der Waals surface area contributed by atoms with Gasteiger partial charge in [0.15, 0.2) is 0 Å². The first-order valence-electron chi connectivity index (χ1n) is 8.77. The third kappa shape index (κ3) is 4.94. The van der Waals surface area contributed by atoms with E-state index >= 15 is 0 Å². The Bertz CT molecular complexity index is 781. The first-order chi connectivity index (χ1) is 12.2. The number of hydrogen-bond donors (Lipinski definition) is 1. The van der Waals surface area contributed by atoms with Crippen molar-refractivity contribution in [2.45, 2.75) is 25.9 Å². The molecule has 2 heteroatoms. The maximum absolute atomic E-state index is 6.03. The summed E-state index contributed by atoms with van der Waals surface area (Å²) in [5.74, 6) is 1.21. The average molecular weight is 331 g/mol. The Morgan fingerprint density at radius 1 is 0.840 bits per heavy atom. The minimum absolute atomic E-state index is 0.324. The smallest absolute Gasteiger partial charge is 0.119 e. The molecule has 128 valence electrons. The molecular weight excluding hydrogens is 306 g/mol. The van der Waals surface area contributed by atoms with Gasteiger partial charge in [0.1, 0.15) is 12.4 Å². The molecule has 0 saturated carbocycles. The second-order valence-electron chi connectivity index (χ2n) is 6.47. The van der Waals surface area contributed by atoms with Crippen molar-refractivity contribution in [1.29, 1.82) is 0 Å². The van der Waals surface area contributed by atoms with E-state index in [1.54, 1.807) is 0 Å². The van der Waals surface area contributed by atoms with E-state index in [0.29, 0.717) is 19.1 Å². The molecule has 1 atom stereocenters. The van der Waals surface area contributed by atoms with Gasteiger partial charge in [0, 0.05) is 5.92 Å². The van der Waals surface area contributed by atoms with E-state index in [0.717, 1.165) is 12.2 Å². The van der Waals surface area contributed by atoms with Crippen LogP contribution in [0.3, 0.4) is 0 Å². The van der Waals surface area contributed by atoms with E-state index in [-0.39, 0.29) is 0 Å². The number of aryl methyl sites for hydroxylation is 1. The van der Waals surface area contributed by atoms with Crippen LogP contribution in [0.4, 0.5) is 0 Å². The Morgan fingerprint density at radius 3 is 2.24 bits per heavy atom. The molecule has 0 aliphatic rings. The molecule has 1 unspecified atom stereocenters. The highest BCUT2D eigenvalue weighted by Crippen LogP contribution is 2.23. The van der Waals surface area contributed by atoms with Crippen molar-refractivity contribution in [3.05, 3.63) is 101 Å². The van der Waals surface area contributed by atoms with Crippen LogP contribution >= 0.6 is 0 Å². The van der Waals surface area contributed by atoms with E-state index in [1.165, 1.54) is 22.3 Å². The standard InChI is InChI=1S/C23H25NO/c1-18-6-5-9-20(14-18)15-22(16-24)21-10-12-23(13-11-21)25-17-19-7-3-2-4-8-19/h2-14,22H,15-17,24H2,1H3. The maximum atomic E-state index is 6.03. The Morgan fingerprint density at radius 2 is 1.56 bits per heavy atom.